The number of rotatable bonds is 11. The van der Waals surface area contributed by atoms with Gasteiger partial charge in [-0.2, -0.15) is 0 Å². The molecule has 0 spiro atoms. The van der Waals surface area contributed by atoms with Crippen molar-refractivity contribution in [2.45, 2.75) is 70.8 Å². The fourth-order valence-corrected chi connectivity index (χ4v) is 3.55. The largest absolute Gasteiger partial charge is 0.394 e. The normalized spacial score (nSPS) is 27.9. The second-order valence-electron chi connectivity index (χ2n) is 6.43. The third-order valence-corrected chi connectivity index (χ3v) is 5.24. The summed E-state index contributed by atoms with van der Waals surface area (Å²) in [6.07, 6.45) is 9.73. The van der Waals surface area contributed by atoms with Gasteiger partial charge in [0.15, 0.2) is 0 Å². The number of ether oxygens (including phenoxy) is 1. The molecule has 20 heavy (non-hydrogen) atoms. The van der Waals surface area contributed by atoms with Gasteiger partial charge in [-0.3, -0.25) is 0 Å². The van der Waals surface area contributed by atoms with Gasteiger partial charge in [0, 0.05) is 18.8 Å². The molecule has 1 aliphatic carbocycles. The number of unbranched alkanes of at least 4 members (excludes halogenated alkanes) is 1. The molecule has 0 aromatic heterocycles. The van der Waals surface area contributed by atoms with Gasteiger partial charge >= 0.3 is 0 Å². The first-order valence-electron chi connectivity index (χ1n) is 8.59. The zero-order valence-electron chi connectivity index (χ0n) is 13.8. The van der Waals surface area contributed by atoms with Crippen molar-refractivity contribution >= 4 is 0 Å². The molecule has 0 aliphatic heterocycles. The second-order valence-corrected chi connectivity index (χ2v) is 6.43. The first-order chi connectivity index (χ1) is 9.72. The summed E-state index contributed by atoms with van der Waals surface area (Å²) in [7, 11) is 1.98. The standard InChI is InChI=1S/C17H35NO2/c1-4-6-8-15(5-2)13-20-12-10-16-9-7-11-17(16,14-19)18-3/h15-16,18-19H,4-14H2,1-3H3. The average molecular weight is 285 g/mol. The fourth-order valence-electron chi connectivity index (χ4n) is 3.55. The first-order valence-corrected chi connectivity index (χ1v) is 8.59. The zero-order valence-corrected chi connectivity index (χ0v) is 13.8. The molecular weight excluding hydrogens is 250 g/mol. The molecule has 0 aromatic carbocycles. The van der Waals surface area contributed by atoms with Crippen molar-refractivity contribution in [3.8, 4) is 0 Å². The van der Waals surface area contributed by atoms with Gasteiger partial charge in [-0.15, -0.1) is 0 Å². The highest BCUT2D eigenvalue weighted by Crippen LogP contribution is 2.37. The Balaban J connectivity index is 2.23. The monoisotopic (exact) mass is 285 g/mol. The van der Waals surface area contributed by atoms with Crippen molar-refractivity contribution in [1.82, 2.24) is 5.32 Å². The summed E-state index contributed by atoms with van der Waals surface area (Å²) in [5, 5.41) is 13.0. The van der Waals surface area contributed by atoms with E-state index in [9.17, 15) is 5.11 Å². The van der Waals surface area contributed by atoms with E-state index in [4.69, 9.17) is 4.74 Å². The highest BCUT2D eigenvalue weighted by Gasteiger charge is 2.40. The van der Waals surface area contributed by atoms with Crippen LogP contribution in [0.3, 0.4) is 0 Å². The van der Waals surface area contributed by atoms with Crippen LogP contribution in [-0.4, -0.2) is 37.5 Å². The fraction of sp³-hybridized carbons (Fsp3) is 1.00. The smallest absolute Gasteiger partial charge is 0.0615 e. The molecule has 0 radical (unpaired) electrons. The Bertz CT molecular complexity index is 241. The predicted octanol–water partition coefficient (Wildman–Crippen LogP) is 3.36. The van der Waals surface area contributed by atoms with Crippen molar-refractivity contribution in [2.75, 3.05) is 26.9 Å². The van der Waals surface area contributed by atoms with E-state index in [-0.39, 0.29) is 12.1 Å². The van der Waals surface area contributed by atoms with Crippen molar-refractivity contribution < 1.29 is 9.84 Å². The van der Waals surface area contributed by atoms with Gasteiger partial charge in [0.25, 0.3) is 0 Å². The molecular formula is C17H35NO2. The molecule has 3 unspecified atom stereocenters. The number of aliphatic hydroxyl groups excluding tert-OH is 1. The van der Waals surface area contributed by atoms with E-state index < -0.39 is 0 Å². The molecule has 1 aliphatic rings. The quantitative estimate of drug-likeness (QED) is 0.572. The first kappa shape index (κ1) is 17.9. The summed E-state index contributed by atoms with van der Waals surface area (Å²) in [4.78, 5) is 0. The molecule has 0 bridgehead atoms. The summed E-state index contributed by atoms with van der Waals surface area (Å²) >= 11 is 0. The molecule has 3 atom stereocenters. The number of nitrogens with one attached hydrogen (secondary N) is 1. The molecule has 0 heterocycles. The van der Waals surface area contributed by atoms with Crippen LogP contribution >= 0.6 is 0 Å². The third-order valence-electron chi connectivity index (χ3n) is 5.24. The van der Waals surface area contributed by atoms with Crippen molar-refractivity contribution in [2.24, 2.45) is 11.8 Å². The van der Waals surface area contributed by atoms with Crippen molar-refractivity contribution in [3.05, 3.63) is 0 Å². The maximum Gasteiger partial charge on any atom is 0.0615 e. The maximum absolute atomic E-state index is 9.66. The number of hydrogen-bond acceptors (Lipinski definition) is 3. The summed E-state index contributed by atoms with van der Waals surface area (Å²) in [5.74, 6) is 1.29. The van der Waals surface area contributed by atoms with Crippen LogP contribution < -0.4 is 5.32 Å². The molecule has 1 saturated carbocycles. The van der Waals surface area contributed by atoms with Crippen LogP contribution in [-0.2, 0) is 4.74 Å². The predicted molar refractivity (Wildman–Crippen MR) is 85.0 cm³/mol. The Kier molecular flexibility index (Phi) is 8.74. The molecule has 120 valence electrons. The van der Waals surface area contributed by atoms with Crippen LogP contribution in [0, 0.1) is 11.8 Å². The molecule has 1 rings (SSSR count). The molecule has 0 aromatic rings. The van der Waals surface area contributed by atoms with Gasteiger partial charge in [0.2, 0.25) is 0 Å². The van der Waals surface area contributed by atoms with Gasteiger partial charge in [0.1, 0.15) is 0 Å². The van der Waals surface area contributed by atoms with E-state index in [2.05, 4.69) is 19.2 Å². The van der Waals surface area contributed by atoms with Gasteiger partial charge in [-0.1, -0.05) is 39.5 Å². The highest BCUT2D eigenvalue weighted by atomic mass is 16.5. The van der Waals surface area contributed by atoms with Crippen molar-refractivity contribution in [1.29, 1.82) is 0 Å². The Morgan fingerprint density at radius 2 is 2.20 bits per heavy atom. The lowest BCUT2D eigenvalue weighted by Crippen LogP contribution is -2.49. The zero-order chi connectivity index (χ0) is 14.8. The van der Waals surface area contributed by atoms with Gasteiger partial charge in [-0.05, 0) is 44.6 Å². The van der Waals surface area contributed by atoms with Gasteiger partial charge in [0.05, 0.1) is 6.61 Å². The Hall–Kier alpha value is -0.120. The minimum atomic E-state index is -0.0459. The maximum atomic E-state index is 9.66. The lowest BCUT2D eigenvalue weighted by atomic mass is 9.85. The Morgan fingerprint density at radius 3 is 2.80 bits per heavy atom. The minimum Gasteiger partial charge on any atom is -0.394 e. The van der Waals surface area contributed by atoms with Crippen molar-refractivity contribution in [3.63, 3.8) is 0 Å². The summed E-state index contributed by atoms with van der Waals surface area (Å²) < 4.78 is 5.92. The van der Waals surface area contributed by atoms with E-state index in [1.165, 1.54) is 38.5 Å². The minimum absolute atomic E-state index is 0.0459. The van der Waals surface area contributed by atoms with Gasteiger partial charge < -0.3 is 15.2 Å². The van der Waals surface area contributed by atoms with Crippen LogP contribution in [0.4, 0.5) is 0 Å². The summed E-state index contributed by atoms with van der Waals surface area (Å²) in [6, 6.07) is 0. The lowest BCUT2D eigenvalue weighted by molar-refractivity contribution is 0.0626. The molecule has 3 nitrogen and oxygen atoms in total. The third kappa shape index (κ3) is 5.01. The molecule has 0 amide bonds. The highest BCUT2D eigenvalue weighted by molar-refractivity contribution is 4.97. The van der Waals surface area contributed by atoms with Crippen LogP contribution in [0.15, 0.2) is 0 Å². The Labute approximate surface area is 125 Å². The van der Waals surface area contributed by atoms with E-state index >= 15 is 0 Å². The topological polar surface area (TPSA) is 41.5 Å². The van der Waals surface area contributed by atoms with Gasteiger partial charge in [-0.25, -0.2) is 0 Å². The number of likely N-dealkylation sites (N-methyl/N-ethyl adjacent to an activating group) is 1. The van der Waals surface area contributed by atoms with Crippen LogP contribution in [0.1, 0.15) is 65.2 Å². The SMILES string of the molecule is CCCCC(CC)COCCC1CCCC1(CO)NC. The molecule has 1 fully saturated rings. The molecule has 3 heteroatoms. The van der Waals surface area contributed by atoms with E-state index in [0.29, 0.717) is 5.92 Å². The van der Waals surface area contributed by atoms with E-state index in [0.717, 1.165) is 32.0 Å². The van der Waals surface area contributed by atoms with E-state index in [1.54, 1.807) is 0 Å². The number of hydrogen-bond donors (Lipinski definition) is 2. The van der Waals surface area contributed by atoms with E-state index in [1.807, 2.05) is 7.05 Å². The van der Waals surface area contributed by atoms with Crippen LogP contribution in [0.5, 0.6) is 0 Å². The lowest BCUT2D eigenvalue weighted by Gasteiger charge is -2.33. The molecule has 0 saturated heterocycles. The summed E-state index contributed by atoms with van der Waals surface area (Å²) in [6.45, 7) is 6.52. The van der Waals surface area contributed by atoms with Crippen LogP contribution in [0.2, 0.25) is 0 Å². The second kappa shape index (κ2) is 9.75. The van der Waals surface area contributed by atoms with Crippen LogP contribution in [0.25, 0.3) is 0 Å². The Morgan fingerprint density at radius 1 is 1.40 bits per heavy atom. The average Bonchev–Trinajstić information content (AvgIpc) is 2.90. The number of aliphatic hydroxyl groups is 1. The molecule has 2 N–H and O–H groups in total. The summed E-state index contributed by atoms with van der Waals surface area (Å²) in [5.41, 5.74) is -0.0459.